The van der Waals surface area contributed by atoms with Gasteiger partial charge in [0.05, 0.1) is 13.3 Å². The molecular formula is C11H13N3O2. The van der Waals surface area contributed by atoms with Gasteiger partial charge in [0, 0.05) is 7.05 Å². The first-order valence-electron chi connectivity index (χ1n) is 4.80. The second kappa shape index (κ2) is 4.14. The number of methoxy groups -OCH3 is 1. The molecular weight excluding hydrogens is 206 g/mol. The van der Waals surface area contributed by atoms with E-state index in [1.54, 1.807) is 24.9 Å². The zero-order chi connectivity index (χ0) is 11.5. The lowest BCUT2D eigenvalue weighted by molar-refractivity contribution is 0.363. The molecule has 0 unspecified atom stereocenters. The van der Waals surface area contributed by atoms with Gasteiger partial charge in [-0.15, -0.1) is 0 Å². The van der Waals surface area contributed by atoms with Gasteiger partial charge in [0.1, 0.15) is 5.82 Å². The summed E-state index contributed by atoms with van der Waals surface area (Å²) in [7, 11) is 3.38. The molecule has 0 aliphatic heterocycles. The van der Waals surface area contributed by atoms with Crippen molar-refractivity contribution in [2.45, 2.75) is 0 Å². The summed E-state index contributed by atoms with van der Waals surface area (Å²) in [6.07, 6.45) is 1.55. The van der Waals surface area contributed by atoms with Crippen LogP contribution in [0.15, 0.2) is 30.5 Å². The standard InChI is InChI=1S/C11H13N3O2/c1-14-10(12)7-13-11(14)16-9-6-4-3-5-8(9)15-2/h3-7H,12H2,1-2H3. The van der Waals surface area contributed by atoms with Crippen molar-refractivity contribution in [2.75, 3.05) is 12.8 Å². The van der Waals surface area contributed by atoms with Crippen LogP contribution in [0.1, 0.15) is 0 Å². The van der Waals surface area contributed by atoms with E-state index in [9.17, 15) is 0 Å². The van der Waals surface area contributed by atoms with Gasteiger partial charge >= 0.3 is 6.01 Å². The van der Waals surface area contributed by atoms with Crippen molar-refractivity contribution >= 4 is 5.82 Å². The number of anilines is 1. The molecule has 0 aliphatic carbocycles. The monoisotopic (exact) mass is 219 g/mol. The topological polar surface area (TPSA) is 62.3 Å². The normalized spacial score (nSPS) is 10.1. The molecule has 1 aromatic carbocycles. The zero-order valence-electron chi connectivity index (χ0n) is 9.18. The lowest BCUT2D eigenvalue weighted by Crippen LogP contribution is -1.99. The summed E-state index contributed by atoms with van der Waals surface area (Å²) >= 11 is 0. The third kappa shape index (κ3) is 1.79. The Hall–Kier alpha value is -2.17. The molecule has 0 saturated carbocycles. The number of nitrogens with two attached hydrogens (primary N) is 1. The summed E-state index contributed by atoms with van der Waals surface area (Å²) in [6.45, 7) is 0. The molecule has 2 rings (SSSR count). The molecule has 0 spiro atoms. The zero-order valence-corrected chi connectivity index (χ0v) is 9.18. The van der Waals surface area contributed by atoms with Gasteiger partial charge in [-0.25, -0.2) is 4.98 Å². The highest BCUT2D eigenvalue weighted by molar-refractivity contribution is 5.41. The van der Waals surface area contributed by atoms with Crippen molar-refractivity contribution in [2.24, 2.45) is 7.05 Å². The van der Waals surface area contributed by atoms with Gasteiger partial charge in [-0.05, 0) is 12.1 Å². The summed E-state index contributed by atoms with van der Waals surface area (Å²) < 4.78 is 12.4. The molecule has 5 nitrogen and oxygen atoms in total. The van der Waals surface area contributed by atoms with Crippen molar-refractivity contribution in [3.8, 4) is 17.5 Å². The van der Waals surface area contributed by atoms with Gasteiger partial charge in [-0.1, -0.05) is 12.1 Å². The molecule has 0 radical (unpaired) electrons. The molecule has 2 N–H and O–H groups in total. The Morgan fingerprint density at radius 3 is 2.50 bits per heavy atom. The summed E-state index contributed by atoms with van der Waals surface area (Å²) in [6, 6.07) is 7.80. The average molecular weight is 219 g/mol. The Morgan fingerprint density at radius 1 is 1.25 bits per heavy atom. The van der Waals surface area contributed by atoms with E-state index in [4.69, 9.17) is 15.2 Å². The summed E-state index contributed by atoms with van der Waals surface area (Å²) in [5.41, 5.74) is 5.65. The maximum atomic E-state index is 5.65. The fourth-order valence-electron chi connectivity index (χ4n) is 1.30. The highest BCUT2D eigenvalue weighted by Crippen LogP contribution is 2.30. The number of para-hydroxylation sites is 2. The Bertz CT molecular complexity index is 494. The minimum absolute atomic E-state index is 0.432. The molecule has 0 fully saturated rings. The van der Waals surface area contributed by atoms with Gasteiger partial charge in [0.15, 0.2) is 11.5 Å². The molecule has 0 aliphatic rings. The van der Waals surface area contributed by atoms with Gasteiger partial charge in [-0.3, -0.25) is 4.57 Å². The molecule has 16 heavy (non-hydrogen) atoms. The van der Waals surface area contributed by atoms with Crippen molar-refractivity contribution in [3.63, 3.8) is 0 Å². The summed E-state index contributed by atoms with van der Waals surface area (Å²) in [5, 5.41) is 0. The van der Waals surface area contributed by atoms with Crippen LogP contribution in [-0.2, 0) is 7.05 Å². The van der Waals surface area contributed by atoms with Crippen molar-refractivity contribution in [1.82, 2.24) is 9.55 Å². The SMILES string of the molecule is COc1ccccc1Oc1ncc(N)n1C. The number of aromatic nitrogens is 2. The predicted molar refractivity (Wildman–Crippen MR) is 60.7 cm³/mol. The first-order chi connectivity index (χ1) is 7.72. The summed E-state index contributed by atoms with van der Waals surface area (Å²) in [4.78, 5) is 4.05. The largest absolute Gasteiger partial charge is 0.493 e. The van der Waals surface area contributed by atoms with E-state index in [0.717, 1.165) is 0 Å². The van der Waals surface area contributed by atoms with Crippen LogP contribution in [0.4, 0.5) is 5.82 Å². The number of nitrogen functional groups attached to an aromatic ring is 1. The Labute approximate surface area is 93.4 Å². The minimum atomic E-state index is 0.432. The van der Waals surface area contributed by atoms with E-state index in [2.05, 4.69) is 4.98 Å². The Balaban J connectivity index is 2.30. The van der Waals surface area contributed by atoms with Crippen molar-refractivity contribution < 1.29 is 9.47 Å². The quantitative estimate of drug-likeness (QED) is 0.855. The maximum Gasteiger partial charge on any atom is 0.303 e. The second-order valence-electron chi connectivity index (χ2n) is 3.28. The number of hydrogen-bond acceptors (Lipinski definition) is 4. The molecule has 84 valence electrons. The molecule has 1 aromatic heterocycles. The van der Waals surface area contributed by atoms with Crippen LogP contribution in [0.25, 0.3) is 0 Å². The number of ether oxygens (including phenoxy) is 2. The lowest BCUT2D eigenvalue weighted by Gasteiger charge is -2.09. The van der Waals surface area contributed by atoms with E-state index < -0.39 is 0 Å². The van der Waals surface area contributed by atoms with Crippen molar-refractivity contribution in [1.29, 1.82) is 0 Å². The first-order valence-corrected chi connectivity index (χ1v) is 4.80. The van der Waals surface area contributed by atoms with E-state index in [1.807, 2.05) is 24.3 Å². The Morgan fingerprint density at radius 2 is 1.94 bits per heavy atom. The van der Waals surface area contributed by atoms with Crippen LogP contribution in [0.5, 0.6) is 17.5 Å². The number of nitrogens with zero attached hydrogens (tertiary/aromatic N) is 2. The molecule has 0 bridgehead atoms. The number of hydrogen-bond donors (Lipinski definition) is 1. The molecule has 0 atom stereocenters. The van der Waals surface area contributed by atoms with Crippen LogP contribution in [0.3, 0.4) is 0 Å². The van der Waals surface area contributed by atoms with Crippen LogP contribution in [0.2, 0.25) is 0 Å². The fraction of sp³-hybridized carbons (Fsp3) is 0.182. The third-order valence-corrected chi connectivity index (χ3v) is 2.25. The number of benzene rings is 1. The smallest absolute Gasteiger partial charge is 0.303 e. The van der Waals surface area contributed by atoms with Crippen LogP contribution in [-0.4, -0.2) is 16.7 Å². The first kappa shape index (κ1) is 10.4. The minimum Gasteiger partial charge on any atom is -0.493 e. The van der Waals surface area contributed by atoms with E-state index in [-0.39, 0.29) is 0 Å². The van der Waals surface area contributed by atoms with Gasteiger partial charge in [0.2, 0.25) is 0 Å². The molecule has 0 saturated heterocycles. The van der Waals surface area contributed by atoms with Crippen LogP contribution < -0.4 is 15.2 Å². The maximum absolute atomic E-state index is 5.65. The summed E-state index contributed by atoms with van der Waals surface area (Å²) in [5.74, 6) is 1.81. The van der Waals surface area contributed by atoms with E-state index in [0.29, 0.717) is 23.3 Å². The van der Waals surface area contributed by atoms with Gasteiger partial charge in [0.25, 0.3) is 0 Å². The van der Waals surface area contributed by atoms with Crippen molar-refractivity contribution in [3.05, 3.63) is 30.5 Å². The van der Waals surface area contributed by atoms with Gasteiger partial charge in [-0.2, -0.15) is 0 Å². The highest BCUT2D eigenvalue weighted by atomic mass is 16.5. The highest BCUT2D eigenvalue weighted by Gasteiger charge is 2.09. The number of imidazole rings is 1. The van der Waals surface area contributed by atoms with Gasteiger partial charge < -0.3 is 15.2 Å². The fourth-order valence-corrected chi connectivity index (χ4v) is 1.30. The van der Waals surface area contributed by atoms with Crippen LogP contribution in [0, 0.1) is 0 Å². The number of rotatable bonds is 3. The van der Waals surface area contributed by atoms with E-state index >= 15 is 0 Å². The molecule has 0 amide bonds. The molecule has 5 heteroatoms. The molecule has 1 heterocycles. The predicted octanol–water partition coefficient (Wildman–Crippen LogP) is 1.80. The Kier molecular flexibility index (Phi) is 2.68. The average Bonchev–Trinajstić information content (AvgIpc) is 2.62. The third-order valence-electron chi connectivity index (χ3n) is 2.25. The van der Waals surface area contributed by atoms with E-state index in [1.165, 1.54) is 0 Å². The molecule has 2 aromatic rings. The lowest BCUT2D eigenvalue weighted by atomic mass is 10.3. The van der Waals surface area contributed by atoms with Crippen LogP contribution >= 0.6 is 0 Å². The second-order valence-corrected chi connectivity index (χ2v) is 3.28.